The van der Waals surface area contributed by atoms with E-state index in [-0.39, 0.29) is 29.8 Å². The van der Waals surface area contributed by atoms with E-state index in [9.17, 15) is 14.4 Å². The average Bonchev–Trinajstić information content (AvgIpc) is 3.32. The molecule has 0 aliphatic carbocycles. The first-order valence-electron chi connectivity index (χ1n) is 10.3. The SMILES string of the molecule is O=C(NCCc1ccccc1)N1CC(N2CC(C(=O)N3CCCC3)CC2=O)C1. The van der Waals surface area contributed by atoms with Gasteiger partial charge in [-0.25, -0.2) is 4.79 Å². The Hall–Kier alpha value is -2.57. The molecule has 3 heterocycles. The minimum Gasteiger partial charge on any atom is -0.342 e. The molecule has 3 fully saturated rings. The number of rotatable bonds is 5. The van der Waals surface area contributed by atoms with E-state index in [0.717, 1.165) is 32.4 Å². The molecule has 1 unspecified atom stereocenters. The van der Waals surface area contributed by atoms with Gasteiger partial charge in [-0.2, -0.15) is 0 Å². The van der Waals surface area contributed by atoms with Crippen LogP contribution < -0.4 is 5.32 Å². The van der Waals surface area contributed by atoms with Crippen LogP contribution in [0.4, 0.5) is 4.79 Å². The average molecular weight is 384 g/mol. The van der Waals surface area contributed by atoms with Crippen molar-refractivity contribution in [1.29, 1.82) is 0 Å². The fourth-order valence-corrected chi connectivity index (χ4v) is 4.33. The minimum absolute atomic E-state index is 0.0451. The van der Waals surface area contributed by atoms with Crippen molar-refractivity contribution in [2.45, 2.75) is 31.7 Å². The van der Waals surface area contributed by atoms with Gasteiger partial charge in [-0.3, -0.25) is 9.59 Å². The Balaban J connectivity index is 1.19. The van der Waals surface area contributed by atoms with Crippen molar-refractivity contribution in [1.82, 2.24) is 20.0 Å². The highest BCUT2D eigenvalue weighted by molar-refractivity contribution is 5.89. The van der Waals surface area contributed by atoms with Crippen molar-refractivity contribution in [3.05, 3.63) is 35.9 Å². The van der Waals surface area contributed by atoms with Crippen molar-refractivity contribution < 1.29 is 14.4 Å². The van der Waals surface area contributed by atoms with Crippen LogP contribution >= 0.6 is 0 Å². The normalized spacial score (nSPS) is 22.5. The van der Waals surface area contributed by atoms with Crippen LogP contribution in [0.2, 0.25) is 0 Å². The van der Waals surface area contributed by atoms with Crippen molar-refractivity contribution in [3.8, 4) is 0 Å². The zero-order valence-corrected chi connectivity index (χ0v) is 16.2. The highest BCUT2D eigenvalue weighted by Gasteiger charge is 2.44. The van der Waals surface area contributed by atoms with Gasteiger partial charge >= 0.3 is 6.03 Å². The summed E-state index contributed by atoms with van der Waals surface area (Å²) < 4.78 is 0. The summed E-state index contributed by atoms with van der Waals surface area (Å²) in [5.41, 5.74) is 1.20. The smallest absolute Gasteiger partial charge is 0.317 e. The molecular weight excluding hydrogens is 356 g/mol. The number of hydrogen-bond acceptors (Lipinski definition) is 3. The number of urea groups is 1. The van der Waals surface area contributed by atoms with Gasteiger partial charge < -0.3 is 20.0 Å². The first kappa shape index (κ1) is 18.8. The zero-order valence-electron chi connectivity index (χ0n) is 16.2. The molecule has 3 aliphatic heterocycles. The van der Waals surface area contributed by atoms with Gasteiger partial charge in [0, 0.05) is 45.7 Å². The number of nitrogens with one attached hydrogen (secondary N) is 1. The number of nitrogens with zero attached hydrogens (tertiary/aromatic N) is 3. The van der Waals surface area contributed by atoms with Gasteiger partial charge in [-0.15, -0.1) is 0 Å². The predicted octanol–water partition coefficient (Wildman–Crippen LogP) is 1.09. The van der Waals surface area contributed by atoms with E-state index < -0.39 is 0 Å². The molecule has 0 saturated carbocycles. The molecule has 1 aromatic rings. The molecule has 0 radical (unpaired) electrons. The maximum absolute atomic E-state index is 12.5. The maximum atomic E-state index is 12.5. The van der Waals surface area contributed by atoms with E-state index >= 15 is 0 Å². The molecule has 1 atom stereocenters. The highest BCUT2D eigenvalue weighted by Crippen LogP contribution is 2.27. The standard InChI is InChI=1S/C21H28N4O3/c26-19-12-17(20(27)23-10-4-5-11-23)13-25(19)18-14-24(15-18)21(28)22-9-8-16-6-2-1-3-7-16/h1-3,6-7,17-18H,4-5,8-15H2,(H,22,28). The van der Waals surface area contributed by atoms with Crippen molar-refractivity contribution in [2.24, 2.45) is 5.92 Å². The molecule has 3 saturated heterocycles. The van der Waals surface area contributed by atoms with E-state index in [1.165, 1.54) is 5.56 Å². The lowest BCUT2D eigenvalue weighted by Gasteiger charge is -2.43. The first-order chi connectivity index (χ1) is 13.6. The lowest BCUT2D eigenvalue weighted by Crippen LogP contribution is -2.63. The van der Waals surface area contributed by atoms with Crippen LogP contribution in [-0.2, 0) is 16.0 Å². The van der Waals surface area contributed by atoms with Crippen LogP contribution in [0.1, 0.15) is 24.8 Å². The van der Waals surface area contributed by atoms with Crippen molar-refractivity contribution in [3.63, 3.8) is 0 Å². The molecule has 1 N–H and O–H groups in total. The summed E-state index contributed by atoms with van der Waals surface area (Å²) in [6, 6.07) is 10.0. The third-order valence-corrected chi connectivity index (χ3v) is 6.05. The Morgan fingerprint density at radius 3 is 2.43 bits per heavy atom. The second kappa shape index (κ2) is 8.20. The highest BCUT2D eigenvalue weighted by atomic mass is 16.2. The summed E-state index contributed by atoms with van der Waals surface area (Å²) in [6.45, 7) is 3.84. The summed E-state index contributed by atoms with van der Waals surface area (Å²) in [7, 11) is 0. The number of benzene rings is 1. The number of amides is 4. The van der Waals surface area contributed by atoms with E-state index in [1.54, 1.807) is 4.90 Å². The molecule has 7 nitrogen and oxygen atoms in total. The number of carbonyl (C=O) groups excluding carboxylic acids is 3. The Bertz CT molecular complexity index is 726. The fourth-order valence-electron chi connectivity index (χ4n) is 4.33. The third kappa shape index (κ3) is 3.98. The van der Waals surface area contributed by atoms with Crippen molar-refractivity contribution >= 4 is 17.8 Å². The Kier molecular flexibility index (Phi) is 5.50. The van der Waals surface area contributed by atoms with Gasteiger partial charge in [-0.1, -0.05) is 30.3 Å². The molecule has 3 aliphatic rings. The summed E-state index contributed by atoms with van der Waals surface area (Å²) in [6.07, 6.45) is 3.24. The Labute approximate surface area is 165 Å². The summed E-state index contributed by atoms with van der Waals surface area (Å²) >= 11 is 0. The molecule has 0 bridgehead atoms. The van der Waals surface area contributed by atoms with E-state index in [1.807, 2.05) is 40.1 Å². The predicted molar refractivity (Wildman–Crippen MR) is 105 cm³/mol. The number of hydrogen-bond donors (Lipinski definition) is 1. The summed E-state index contributed by atoms with van der Waals surface area (Å²) in [5.74, 6) is -0.0331. The van der Waals surface area contributed by atoms with Crippen LogP contribution in [0.15, 0.2) is 30.3 Å². The van der Waals surface area contributed by atoms with Gasteiger partial charge in [0.1, 0.15) is 0 Å². The zero-order chi connectivity index (χ0) is 19.5. The van der Waals surface area contributed by atoms with Gasteiger partial charge in [0.25, 0.3) is 0 Å². The number of likely N-dealkylation sites (tertiary alicyclic amines) is 3. The lowest BCUT2D eigenvalue weighted by atomic mass is 10.1. The van der Waals surface area contributed by atoms with Crippen LogP contribution in [0.25, 0.3) is 0 Å². The molecule has 0 aromatic heterocycles. The quantitative estimate of drug-likeness (QED) is 0.826. The van der Waals surface area contributed by atoms with Gasteiger partial charge in [0.2, 0.25) is 11.8 Å². The van der Waals surface area contributed by atoms with Gasteiger partial charge in [0.15, 0.2) is 0 Å². The molecule has 28 heavy (non-hydrogen) atoms. The summed E-state index contributed by atoms with van der Waals surface area (Å²) in [5, 5.41) is 2.94. The molecule has 4 rings (SSSR count). The second-order valence-electron chi connectivity index (χ2n) is 8.01. The topological polar surface area (TPSA) is 73.0 Å². The van der Waals surface area contributed by atoms with E-state index in [2.05, 4.69) is 5.32 Å². The molecule has 7 heteroatoms. The maximum Gasteiger partial charge on any atom is 0.317 e. The summed E-state index contributed by atoms with van der Waals surface area (Å²) in [4.78, 5) is 42.6. The fraction of sp³-hybridized carbons (Fsp3) is 0.571. The molecule has 4 amide bonds. The molecule has 150 valence electrons. The monoisotopic (exact) mass is 384 g/mol. The van der Waals surface area contributed by atoms with E-state index in [4.69, 9.17) is 0 Å². The van der Waals surface area contributed by atoms with Gasteiger partial charge in [-0.05, 0) is 24.8 Å². The second-order valence-corrected chi connectivity index (χ2v) is 8.01. The molecule has 1 aromatic carbocycles. The Morgan fingerprint density at radius 1 is 1.00 bits per heavy atom. The van der Waals surface area contributed by atoms with Gasteiger partial charge in [0.05, 0.1) is 12.0 Å². The van der Waals surface area contributed by atoms with Crippen LogP contribution in [0.3, 0.4) is 0 Å². The van der Waals surface area contributed by atoms with Crippen LogP contribution in [0, 0.1) is 5.92 Å². The minimum atomic E-state index is -0.209. The molecular formula is C21H28N4O3. The lowest BCUT2D eigenvalue weighted by molar-refractivity contribution is -0.135. The third-order valence-electron chi connectivity index (χ3n) is 6.05. The van der Waals surface area contributed by atoms with E-state index in [0.29, 0.717) is 32.6 Å². The largest absolute Gasteiger partial charge is 0.342 e. The molecule has 0 spiro atoms. The van der Waals surface area contributed by atoms with Crippen LogP contribution in [0.5, 0.6) is 0 Å². The first-order valence-corrected chi connectivity index (χ1v) is 10.3. The Morgan fingerprint density at radius 2 is 1.71 bits per heavy atom. The number of carbonyl (C=O) groups is 3. The van der Waals surface area contributed by atoms with Crippen LogP contribution in [-0.4, -0.2) is 77.9 Å². The van der Waals surface area contributed by atoms with Crippen molar-refractivity contribution in [2.75, 3.05) is 39.3 Å².